The van der Waals surface area contributed by atoms with E-state index in [2.05, 4.69) is 13.2 Å². The van der Waals surface area contributed by atoms with Gasteiger partial charge in [-0.1, -0.05) is 147 Å². The number of carbonyl (C=O) groups excluding carboxylic acids is 2. The minimum atomic E-state index is -0.953. The SMILES string of the molecule is C=C(C)C(=O)OC(CCOc1ccccc1-c1ccccc1OCCC(OC(=O)C(=C)C)Oc1ccccc1-c1ccccc1)Oc1ccccc1-c1ccccc1. The van der Waals surface area contributed by atoms with Gasteiger partial charge in [0.1, 0.15) is 23.0 Å². The Morgan fingerprint density at radius 2 is 0.741 bits per heavy atom. The van der Waals surface area contributed by atoms with Crippen molar-refractivity contribution in [2.24, 2.45) is 0 Å². The maximum atomic E-state index is 12.7. The molecule has 0 fully saturated rings. The summed E-state index contributed by atoms with van der Waals surface area (Å²) in [6.07, 6.45) is -1.45. The maximum Gasteiger partial charge on any atom is 0.336 e. The molecule has 2 unspecified atom stereocenters. The lowest BCUT2D eigenvalue weighted by atomic mass is 10.0. The van der Waals surface area contributed by atoms with Gasteiger partial charge in [-0.3, -0.25) is 0 Å². The highest BCUT2D eigenvalue weighted by Crippen LogP contribution is 2.37. The third-order valence-electron chi connectivity index (χ3n) is 8.92. The third kappa shape index (κ3) is 11.0. The molecule has 6 aromatic carbocycles. The van der Waals surface area contributed by atoms with E-state index in [0.29, 0.717) is 23.0 Å². The highest BCUT2D eigenvalue weighted by molar-refractivity contribution is 5.87. The molecule has 0 saturated carbocycles. The molecule has 0 heterocycles. The Labute approximate surface area is 339 Å². The fraction of sp³-hybridized carbons (Fsp3) is 0.160. The van der Waals surface area contributed by atoms with Gasteiger partial charge < -0.3 is 28.4 Å². The number of rotatable bonds is 19. The summed E-state index contributed by atoms with van der Waals surface area (Å²) in [5.41, 5.74) is 5.78. The fourth-order valence-electron chi connectivity index (χ4n) is 6.02. The molecule has 0 aromatic heterocycles. The first kappa shape index (κ1) is 40.6. The van der Waals surface area contributed by atoms with Gasteiger partial charge in [-0.05, 0) is 49.2 Å². The van der Waals surface area contributed by atoms with Crippen molar-refractivity contribution in [2.75, 3.05) is 13.2 Å². The topological polar surface area (TPSA) is 89.5 Å². The second-order valence-corrected chi connectivity index (χ2v) is 13.5. The number of carbonyl (C=O) groups is 2. The molecule has 0 spiro atoms. The highest BCUT2D eigenvalue weighted by Gasteiger charge is 2.22. The van der Waals surface area contributed by atoms with E-state index >= 15 is 0 Å². The monoisotopic (exact) mass is 774 g/mol. The van der Waals surface area contributed by atoms with Crippen molar-refractivity contribution in [3.63, 3.8) is 0 Å². The Morgan fingerprint density at radius 1 is 0.431 bits per heavy atom. The molecule has 0 bridgehead atoms. The second kappa shape index (κ2) is 20.2. The molecule has 8 heteroatoms. The Kier molecular flexibility index (Phi) is 14.1. The zero-order valence-electron chi connectivity index (χ0n) is 32.7. The van der Waals surface area contributed by atoms with Crippen LogP contribution in [0.15, 0.2) is 182 Å². The predicted octanol–water partition coefficient (Wildman–Crippen LogP) is 11.3. The number of para-hydroxylation sites is 4. The van der Waals surface area contributed by atoms with E-state index < -0.39 is 24.5 Å². The Balaban J connectivity index is 1.15. The molecule has 0 amide bonds. The lowest BCUT2D eigenvalue weighted by Crippen LogP contribution is -2.27. The first-order chi connectivity index (χ1) is 28.3. The minimum Gasteiger partial charge on any atom is -0.493 e. The van der Waals surface area contributed by atoms with Crippen molar-refractivity contribution >= 4 is 11.9 Å². The van der Waals surface area contributed by atoms with Crippen LogP contribution in [0.4, 0.5) is 0 Å². The molecule has 294 valence electrons. The van der Waals surface area contributed by atoms with E-state index in [4.69, 9.17) is 28.4 Å². The van der Waals surface area contributed by atoms with Gasteiger partial charge >= 0.3 is 11.9 Å². The zero-order chi connectivity index (χ0) is 40.7. The molecular weight excluding hydrogens is 729 g/mol. The first-order valence-electron chi connectivity index (χ1n) is 19.1. The van der Waals surface area contributed by atoms with Crippen molar-refractivity contribution in [1.29, 1.82) is 0 Å². The van der Waals surface area contributed by atoms with Crippen molar-refractivity contribution in [3.8, 4) is 56.4 Å². The molecule has 58 heavy (non-hydrogen) atoms. The van der Waals surface area contributed by atoms with Gasteiger partial charge in [0.25, 0.3) is 0 Å². The molecular formula is C50H46O8. The van der Waals surface area contributed by atoms with Crippen LogP contribution in [-0.2, 0) is 19.1 Å². The summed E-state index contributed by atoms with van der Waals surface area (Å²) in [6, 6.07) is 50.2. The van der Waals surface area contributed by atoms with Crippen LogP contribution in [0, 0.1) is 0 Å². The van der Waals surface area contributed by atoms with Gasteiger partial charge in [0.2, 0.25) is 12.6 Å². The summed E-state index contributed by atoms with van der Waals surface area (Å²) in [7, 11) is 0. The molecule has 8 nitrogen and oxygen atoms in total. The Hall–Kier alpha value is -7.06. The van der Waals surface area contributed by atoms with E-state index in [1.54, 1.807) is 13.8 Å². The summed E-state index contributed by atoms with van der Waals surface area (Å²) in [4.78, 5) is 25.4. The predicted molar refractivity (Wildman–Crippen MR) is 227 cm³/mol. The molecule has 0 aliphatic heterocycles. The van der Waals surface area contributed by atoms with E-state index in [1.165, 1.54) is 0 Å². The average Bonchev–Trinajstić information content (AvgIpc) is 3.25. The fourth-order valence-corrected chi connectivity index (χ4v) is 6.02. The Bertz CT molecular complexity index is 2150. The van der Waals surface area contributed by atoms with E-state index in [9.17, 15) is 9.59 Å². The van der Waals surface area contributed by atoms with Crippen LogP contribution in [-0.4, -0.2) is 37.7 Å². The van der Waals surface area contributed by atoms with Gasteiger partial charge in [0, 0.05) is 33.4 Å². The number of ether oxygens (including phenoxy) is 6. The molecule has 0 saturated heterocycles. The summed E-state index contributed by atoms with van der Waals surface area (Å²) in [5.74, 6) is 1.22. The largest absolute Gasteiger partial charge is 0.493 e. The molecule has 0 aliphatic carbocycles. The van der Waals surface area contributed by atoms with Crippen molar-refractivity contribution in [1.82, 2.24) is 0 Å². The van der Waals surface area contributed by atoms with Crippen LogP contribution in [0.1, 0.15) is 26.7 Å². The minimum absolute atomic E-state index is 0.166. The summed E-state index contributed by atoms with van der Waals surface area (Å²) >= 11 is 0. The molecule has 2 atom stereocenters. The normalized spacial score (nSPS) is 11.7. The molecule has 0 N–H and O–H groups in total. The molecule has 6 aromatic rings. The number of hydrogen-bond acceptors (Lipinski definition) is 8. The quantitative estimate of drug-likeness (QED) is 0.0456. The zero-order valence-corrected chi connectivity index (χ0v) is 32.7. The van der Waals surface area contributed by atoms with Crippen LogP contribution >= 0.6 is 0 Å². The van der Waals surface area contributed by atoms with Crippen LogP contribution in [0.3, 0.4) is 0 Å². The lowest BCUT2D eigenvalue weighted by Gasteiger charge is -2.22. The molecule has 0 radical (unpaired) electrons. The van der Waals surface area contributed by atoms with E-state index in [-0.39, 0.29) is 37.2 Å². The van der Waals surface area contributed by atoms with E-state index in [1.807, 2.05) is 158 Å². The van der Waals surface area contributed by atoms with Crippen molar-refractivity contribution < 1.29 is 38.0 Å². The van der Waals surface area contributed by atoms with Crippen LogP contribution in [0.2, 0.25) is 0 Å². The smallest absolute Gasteiger partial charge is 0.336 e. The number of benzene rings is 6. The second-order valence-electron chi connectivity index (χ2n) is 13.5. The summed E-state index contributed by atoms with van der Waals surface area (Å²) < 4.78 is 36.9. The van der Waals surface area contributed by atoms with Crippen LogP contribution < -0.4 is 18.9 Å². The number of esters is 2. The standard InChI is InChI=1S/C50H46O8/c1-35(2)49(51)57-47(55-45-29-17-11-23-39(45)37-19-7-5-8-20-37)31-33-53-43-27-15-13-25-41(43)42-26-14-16-28-44(42)54-34-32-48(58-50(52)36(3)4)56-46-30-18-12-24-40(46)38-21-9-6-10-22-38/h5-30,47-48H,1,3,31-34H2,2,4H3. The highest BCUT2D eigenvalue weighted by atomic mass is 16.7. The summed E-state index contributed by atoms with van der Waals surface area (Å²) in [5, 5.41) is 0. The number of hydrogen-bond donors (Lipinski definition) is 0. The van der Waals surface area contributed by atoms with E-state index in [0.717, 1.165) is 33.4 Å². The average molecular weight is 775 g/mol. The van der Waals surface area contributed by atoms with Gasteiger partial charge in [-0.15, -0.1) is 0 Å². The van der Waals surface area contributed by atoms with Gasteiger partial charge in [-0.25, -0.2) is 9.59 Å². The third-order valence-corrected chi connectivity index (χ3v) is 8.92. The van der Waals surface area contributed by atoms with Gasteiger partial charge in [0.15, 0.2) is 0 Å². The first-order valence-corrected chi connectivity index (χ1v) is 19.1. The van der Waals surface area contributed by atoms with Gasteiger partial charge in [0.05, 0.1) is 26.1 Å². The van der Waals surface area contributed by atoms with Crippen molar-refractivity contribution in [2.45, 2.75) is 39.3 Å². The molecule has 6 rings (SSSR count). The lowest BCUT2D eigenvalue weighted by molar-refractivity contribution is -0.161. The Morgan fingerprint density at radius 3 is 1.10 bits per heavy atom. The summed E-state index contributed by atoms with van der Waals surface area (Å²) in [6.45, 7) is 11.0. The van der Waals surface area contributed by atoms with Crippen LogP contribution in [0.5, 0.6) is 23.0 Å². The van der Waals surface area contributed by atoms with Crippen LogP contribution in [0.25, 0.3) is 33.4 Å². The maximum absolute atomic E-state index is 12.7. The van der Waals surface area contributed by atoms with Crippen molar-refractivity contribution in [3.05, 3.63) is 182 Å². The van der Waals surface area contributed by atoms with Gasteiger partial charge in [-0.2, -0.15) is 0 Å². The molecule has 0 aliphatic rings.